The predicted molar refractivity (Wildman–Crippen MR) is 96.2 cm³/mol. The third-order valence-corrected chi connectivity index (χ3v) is 3.75. The predicted octanol–water partition coefficient (Wildman–Crippen LogP) is 3.11. The van der Waals surface area contributed by atoms with Crippen LogP contribution in [0.2, 0.25) is 0 Å². The number of aryl methyl sites for hydroxylation is 2. The van der Waals surface area contributed by atoms with Crippen molar-refractivity contribution in [1.82, 2.24) is 15.2 Å². The van der Waals surface area contributed by atoms with E-state index in [1.165, 1.54) is 6.42 Å². The van der Waals surface area contributed by atoms with Crippen LogP contribution in [0.1, 0.15) is 44.5 Å². The zero-order valence-corrected chi connectivity index (χ0v) is 16.0. The first-order valence-electron chi connectivity index (χ1n) is 7.37. The van der Waals surface area contributed by atoms with Gasteiger partial charge in [-0.05, 0) is 32.6 Å². The van der Waals surface area contributed by atoms with Gasteiger partial charge in [0.15, 0.2) is 5.96 Å². The van der Waals surface area contributed by atoms with Gasteiger partial charge in [0.2, 0.25) is 5.89 Å². The molecule has 6 heteroatoms. The summed E-state index contributed by atoms with van der Waals surface area (Å²) in [6.07, 6.45) is 1.20. The van der Waals surface area contributed by atoms with E-state index in [4.69, 9.17) is 4.42 Å². The van der Waals surface area contributed by atoms with Crippen molar-refractivity contribution in [3.05, 3.63) is 17.3 Å². The second-order valence-corrected chi connectivity index (χ2v) is 6.26. The molecule has 5 nitrogen and oxygen atoms in total. The minimum atomic E-state index is 0. The van der Waals surface area contributed by atoms with Gasteiger partial charge in [-0.25, -0.2) is 9.98 Å². The van der Waals surface area contributed by atoms with Crippen molar-refractivity contribution in [2.24, 2.45) is 10.4 Å². The molecule has 21 heavy (non-hydrogen) atoms. The van der Waals surface area contributed by atoms with Crippen LogP contribution in [0.4, 0.5) is 0 Å². The Morgan fingerprint density at radius 2 is 2.14 bits per heavy atom. The smallest absolute Gasteiger partial charge is 0.216 e. The van der Waals surface area contributed by atoms with Crippen LogP contribution < -0.4 is 5.32 Å². The Hall–Kier alpha value is -0.790. The Morgan fingerprint density at radius 1 is 1.43 bits per heavy atom. The summed E-state index contributed by atoms with van der Waals surface area (Å²) >= 11 is 0. The molecule has 0 radical (unpaired) electrons. The zero-order chi connectivity index (χ0) is 14.8. The number of aromatic nitrogens is 1. The van der Waals surface area contributed by atoms with E-state index in [2.05, 4.69) is 41.0 Å². The molecule has 0 atom stereocenters. The van der Waals surface area contributed by atoms with Crippen molar-refractivity contribution < 1.29 is 4.42 Å². The van der Waals surface area contributed by atoms with Crippen molar-refractivity contribution in [3.63, 3.8) is 0 Å². The van der Waals surface area contributed by atoms with Crippen molar-refractivity contribution >= 4 is 29.9 Å². The van der Waals surface area contributed by atoms with E-state index in [9.17, 15) is 0 Å². The number of hydrogen-bond acceptors (Lipinski definition) is 3. The van der Waals surface area contributed by atoms with Gasteiger partial charge in [0.05, 0.1) is 5.69 Å². The van der Waals surface area contributed by atoms with Crippen LogP contribution in [-0.2, 0) is 6.54 Å². The van der Waals surface area contributed by atoms with Gasteiger partial charge < -0.3 is 14.6 Å². The lowest BCUT2D eigenvalue weighted by Gasteiger charge is -2.23. The number of likely N-dealkylation sites (tertiary alicyclic amines) is 1. The Balaban J connectivity index is 0.00000220. The average Bonchev–Trinajstić information content (AvgIpc) is 2.88. The topological polar surface area (TPSA) is 53.7 Å². The van der Waals surface area contributed by atoms with Gasteiger partial charge in [-0.1, -0.05) is 13.8 Å². The van der Waals surface area contributed by atoms with E-state index < -0.39 is 0 Å². The van der Waals surface area contributed by atoms with Gasteiger partial charge in [0.1, 0.15) is 12.3 Å². The summed E-state index contributed by atoms with van der Waals surface area (Å²) in [5.74, 6) is 2.53. The SMILES string of the molecule is CCNC(=NCc1nc(C)c(C)o1)N1CCC(C)(C)C1.I. The van der Waals surface area contributed by atoms with Crippen LogP contribution in [0.3, 0.4) is 0 Å². The summed E-state index contributed by atoms with van der Waals surface area (Å²) in [5.41, 5.74) is 1.31. The van der Waals surface area contributed by atoms with Crippen LogP contribution in [0.25, 0.3) is 0 Å². The molecule has 1 saturated heterocycles. The lowest BCUT2D eigenvalue weighted by Crippen LogP contribution is -2.40. The molecule has 0 unspecified atom stereocenters. The quantitative estimate of drug-likeness (QED) is 0.476. The third kappa shape index (κ3) is 4.86. The molecule has 2 heterocycles. The number of halogens is 1. The molecule has 120 valence electrons. The average molecular weight is 406 g/mol. The molecule has 1 aromatic rings. The molecule has 0 bridgehead atoms. The van der Waals surface area contributed by atoms with Crippen molar-refractivity contribution in [2.45, 2.75) is 47.6 Å². The fourth-order valence-corrected chi connectivity index (χ4v) is 2.47. The highest BCUT2D eigenvalue weighted by atomic mass is 127. The van der Waals surface area contributed by atoms with Gasteiger partial charge in [-0.2, -0.15) is 0 Å². The number of hydrogen-bond donors (Lipinski definition) is 1. The first kappa shape index (κ1) is 18.3. The summed E-state index contributed by atoms with van der Waals surface area (Å²) in [6, 6.07) is 0. The maximum Gasteiger partial charge on any atom is 0.216 e. The number of aliphatic imine (C=N–C) groups is 1. The summed E-state index contributed by atoms with van der Waals surface area (Å²) in [6.45, 7) is 14.1. The van der Waals surface area contributed by atoms with Crippen LogP contribution >= 0.6 is 24.0 Å². The van der Waals surface area contributed by atoms with Crippen LogP contribution in [-0.4, -0.2) is 35.5 Å². The monoisotopic (exact) mass is 406 g/mol. The van der Waals surface area contributed by atoms with E-state index in [1.54, 1.807) is 0 Å². The molecule has 1 fully saturated rings. The molecule has 0 amide bonds. The first-order chi connectivity index (χ1) is 9.41. The first-order valence-corrected chi connectivity index (χ1v) is 7.37. The highest BCUT2D eigenvalue weighted by molar-refractivity contribution is 14.0. The third-order valence-electron chi connectivity index (χ3n) is 3.75. The minimum absolute atomic E-state index is 0. The maximum atomic E-state index is 5.58. The van der Waals surface area contributed by atoms with Crippen molar-refractivity contribution in [3.8, 4) is 0 Å². The standard InChI is InChI=1S/C15H26N4O.HI/c1-6-16-14(19-8-7-15(4,5)10-19)17-9-13-18-11(2)12(3)20-13;/h6-10H2,1-5H3,(H,16,17);1H. The lowest BCUT2D eigenvalue weighted by molar-refractivity contribution is 0.369. The van der Waals surface area contributed by atoms with Gasteiger partial charge in [0, 0.05) is 19.6 Å². The minimum Gasteiger partial charge on any atom is -0.444 e. The summed E-state index contributed by atoms with van der Waals surface area (Å²) in [7, 11) is 0. The van der Waals surface area contributed by atoms with Gasteiger partial charge in [-0.15, -0.1) is 24.0 Å². The maximum absolute atomic E-state index is 5.58. The van der Waals surface area contributed by atoms with E-state index >= 15 is 0 Å². The Morgan fingerprint density at radius 3 is 2.62 bits per heavy atom. The molecule has 1 aliphatic heterocycles. The number of rotatable bonds is 3. The fourth-order valence-electron chi connectivity index (χ4n) is 2.47. The molecule has 1 N–H and O–H groups in total. The van der Waals surface area contributed by atoms with Crippen molar-refractivity contribution in [2.75, 3.05) is 19.6 Å². The van der Waals surface area contributed by atoms with Crippen LogP contribution in [0.5, 0.6) is 0 Å². The second kappa shape index (κ2) is 7.47. The Bertz CT molecular complexity index is 476. The fraction of sp³-hybridized carbons (Fsp3) is 0.733. The van der Waals surface area contributed by atoms with Gasteiger partial charge >= 0.3 is 0 Å². The summed E-state index contributed by atoms with van der Waals surface area (Å²) in [4.78, 5) is 11.4. The van der Waals surface area contributed by atoms with Crippen LogP contribution in [0.15, 0.2) is 9.41 Å². The molecule has 1 aromatic heterocycles. The normalized spacial score (nSPS) is 17.8. The largest absolute Gasteiger partial charge is 0.444 e. The molecule has 0 aromatic carbocycles. The van der Waals surface area contributed by atoms with E-state index in [0.717, 1.165) is 37.0 Å². The van der Waals surface area contributed by atoms with E-state index in [1.807, 2.05) is 13.8 Å². The Labute approximate surface area is 144 Å². The highest BCUT2D eigenvalue weighted by Gasteiger charge is 2.30. The van der Waals surface area contributed by atoms with Crippen LogP contribution in [0, 0.1) is 19.3 Å². The van der Waals surface area contributed by atoms with Crippen molar-refractivity contribution in [1.29, 1.82) is 0 Å². The number of oxazole rings is 1. The zero-order valence-electron chi connectivity index (χ0n) is 13.7. The molecule has 2 rings (SSSR count). The van der Waals surface area contributed by atoms with E-state index in [0.29, 0.717) is 17.9 Å². The van der Waals surface area contributed by atoms with E-state index in [-0.39, 0.29) is 24.0 Å². The molecule has 0 saturated carbocycles. The second-order valence-electron chi connectivity index (χ2n) is 6.26. The molecule has 0 aliphatic carbocycles. The summed E-state index contributed by atoms with van der Waals surface area (Å²) < 4.78 is 5.58. The van der Waals surface area contributed by atoms with Gasteiger partial charge in [-0.3, -0.25) is 0 Å². The lowest BCUT2D eigenvalue weighted by atomic mass is 9.93. The molecule has 1 aliphatic rings. The molecule has 0 spiro atoms. The number of nitrogens with one attached hydrogen (secondary N) is 1. The molecular formula is C15H27IN4O. The van der Waals surface area contributed by atoms with Gasteiger partial charge in [0.25, 0.3) is 0 Å². The summed E-state index contributed by atoms with van der Waals surface area (Å²) in [5, 5.41) is 3.36. The molecular weight excluding hydrogens is 379 g/mol. The highest BCUT2D eigenvalue weighted by Crippen LogP contribution is 2.28. The Kier molecular flexibility index (Phi) is 6.49. The number of guanidine groups is 1. The number of nitrogens with zero attached hydrogens (tertiary/aromatic N) is 3.